The fourth-order valence-electron chi connectivity index (χ4n) is 2.59. The maximum atomic E-state index is 11.9. The first-order valence-corrected chi connectivity index (χ1v) is 9.07. The van der Waals surface area contributed by atoms with Gasteiger partial charge in [-0.05, 0) is 37.5 Å². The number of aryl methyl sites for hydroxylation is 2. The standard InChI is InChI=1S/C19H21N3O2S/c1-4-24-19(23)18-14(3)21-17(25-18)9-15-5-7-16(8-6-15)12-22-11-13(2)10-20-22/h5-8,10-11H,4,9,12H2,1-3H3. The van der Waals surface area contributed by atoms with Crippen molar-refractivity contribution >= 4 is 17.3 Å². The molecule has 0 unspecified atom stereocenters. The average molecular weight is 355 g/mol. The molecule has 0 radical (unpaired) electrons. The molecular weight excluding hydrogens is 334 g/mol. The first-order chi connectivity index (χ1) is 12.0. The Bertz CT molecular complexity index is 865. The van der Waals surface area contributed by atoms with Crippen molar-refractivity contribution in [3.8, 4) is 0 Å². The molecule has 0 atom stereocenters. The summed E-state index contributed by atoms with van der Waals surface area (Å²) in [5.74, 6) is -0.284. The topological polar surface area (TPSA) is 57.0 Å². The van der Waals surface area contributed by atoms with Gasteiger partial charge < -0.3 is 4.74 Å². The van der Waals surface area contributed by atoms with Gasteiger partial charge in [0.05, 0.1) is 30.1 Å². The predicted molar refractivity (Wildman–Crippen MR) is 98.1 cm³/mol. The van der Waals surface area contributed by atoms with Crippen LogP contribution in [0, 0.1) is 13.8 Å². The first-order valence-electron chi connectivity index (χ1n) is 8.25. The molecule has 3 aromatic rings. The van der Waals surface area contributed by atoms with Crippen molar-refractivity contribution < 1.29 is 9.53 Å². The van der Waals surface area contributed by atoms with Gasteiger partial charge in [0, 0.05) is 12.6 Å². The summed E-state index contributed by atoms with van der Waals surface area (Å²) in [6.45, 7) is 6.83. The number of thiazole rings is 1. The maximum absolute atomic E-state index is 11.9. The quantitative estimate of drug-likeness (QED) is 0.632. The summed E-state index contributed by atoms with van der Waals surface area (Å²) in [7, 11) is 0. The van der Waals surface area contributed by atoms with E-state index >= 15 is 0 Å². The number of ether oxygens (including phenoxy) is 1. The molecule has 130 valence electrons. The monoisotopic (exact) mass is 355 g/mol. The van der Waals surface area contributed by atoms with Gasteiger partial charge in [-0.15, -0.1) is 11.3 Å². The molecule has 0 N–H and O–H groups in total. The summed E-state index contributed by atoms with van der Waals surface area (Å²) in [4.78, 5) is 17.0. The van der Waals surface area contributed by atoms with E-state index in [-0.39, 0.29) is 5.97 Å². The Morgan fingerprint density at radius 1 is 1.20 bits per heavy atom. The lowest BCUT2D eigenvalue weighted by molar-refractivity contribution is 0.0531. The minimum atomic E-state index is -0.284. The number of carbonyl (C=O) groups is 1. The van der Waals surface area contributed by atoms with Gasteiger partial charge in [0.15, 0.2) is 0 Å². The predicted octanol–water partition coefficient (Wildman–Crippen LogP) is 3.77. The molecule has 0 aliphatic rings. The summed E-state index contributed by atoms with van der Waals surface area (Å²) >= 11 is 1.41. The van der Waals surface area contributed by atoms with E-state index in [1.165, 1.54) is 22.5 Å². The van der Waals surface area contributed by atoms with Gasteiger partial charge in [0.25, 0.3) is 0 Å². The summed E-state index contributed by atoms with van der Waals surface area (Å²) in [5, 5.41) is 5.24. The third-order valence-corrected chi connectivity index (χ3v) is 4.92. The second kappa shape index (κ2) is 7.61. The number of rotatable bonds is 6. The highest BCUT2D eigenvalue weighted by Crippen LogP contribution is 2.22. The number of carbonyl (C=O) groups excluding carboxylic acids is 1. The normalized spacial score (nSPS) is 10.8. The number of aromatic nitrogens is 3. The van der Waals surface area contributed by atoms with Crippen LogP contribution in [0.25, 0.3) is 0 Å². The Balaban J connectivity index is 1.67. The molecule has 0 saturated carbocycles. The van der Waals surface area contributed by atoms with Crippen LogP contribution >= 0.6 is 11.3 Å². The van der Waals surface area contributed by atoms with E-state index in [4.69, 9.17) is 4.74 Å². The molecule has 0 fully saturated rings. The highest BCUT2D eigenvalue weighted by atomic mass is 32.1. The van der Waals surface area contributed by atoms with Gasteiger partial charge >= 0.3 is 5.97 Å². The van der Waals surface area contributed by atoms with Crippen molar-refractivity contribution in [3.63, 3.8) is 0 Å². The van der Waals surface area contributed by atoms with E-state index in [0.29, 0.717) is 17.9 Å². The fraction of sp³-hybridized carbons (Fsp3) is 0.316. The molecular formula is C19H21N3O2S. The van der Waals surface area contributed by atoms with Gasteiger partial charge in [0.2, 0.25) is 0 Å². The van der Waals surface area contributed by atoms with Crippen LogP contribution in [0.15, 0.2) is 36.7 Å². The Hall–Kier alpha value is -2.47. The van der Waals surface area contributed by atoms with Crippen molar-refractivity contribution in [3.05, 3.63) is 68.9 Å². The van der Waals surface area contributed by atoms with E-state index in [0.717, 1.165) is 22.8 Å². The molecule has 6 heteroatoms. The lowest BCUT2D eigenvalue weighted by Gasteiger charge is -2.04. The number of hydrogen-bond acceptors (Lipinski definition) is 5. The molecule has 0 amide bonds. The molecule has 5 nitrogen and oxygen atoms in total. The van der Waals surface area contributed by atoms with Gasteiger partial charge in [-0.1, -0.05) is 24.3 Å². The Labute approximate surface area is 151 Å². The van der Waals surface area contributed by atoms with E-state index < -0.39 is 0 Å². The van der Waals surface area contributed by atoms with Crippen molar-refractivity contribution in [2.75, 3.05) is 6.61 Å². The number of esters is 1. The summed E-state index contributed by atoms with van der Waals surface area (Å²) in [5.41, 5.74) is 4.27. The number of nitrogens with zero attached hydrogens (tertiary/aromatic N) is 3. The molecule has 0 spiro atoms. The summed E-state index contributed by atoms with van der Waals surface area (Å²) in [6, 6.07) is 8.43. The third-order valence-electron chi connectivity index (χ3n) is 3.79. The van der Waals surface area contributed by atoms with Crippen molar-refractivity contribution in [2.24, 2.45) is 0 Å². The summed E-state index contributed by atoms with van der Waals surface area (Å²) in [6.07, 6.45) is 4.61. The van der Waals surface area contributed by atoms with Gasteiger partial charge in [-0.2, -0.15) is 5.10 Å². The lowest BCUT2D eigenvalue weighted by atomic mass is 10.1. The minimum absolute atomic E-state index is 0.284. The average Bonchev–Trinajstić information content (AvgIpc) is 3.15. The largest absolute Gasteiger partial charge is 0.462 e. The second-order valence-corrected chi connectivity index (χ2v) is 7.03. The van der Waals surface area contributed by atoms with Gasteiger partial charge in [0.1, 0.15) is 4.88 Å². The maximum Gasteiger partial charge on any atom is 0.350 e. The molecule has 1 aromatic carbocycles. The SMILES string of the molecule is CCOC(=O)c1sc(Cc2ccc(Cn3cc(C)cn3)cc2)nc1C. The van der Waals surface area contributed by atoms with Crippen LogP contribution in [-0.2, 0) is 17.7 Å². The lowest BCUT2D eigenvalue weighted by Crippen LogP contribution is -2.03. The van der Waals surface area contributed by atoms with Crippen LogP contribution in [-0.4, -0.2) is 27.3 Å². The van der Waals surface area contributed by atoms with Crippen molar-refractivity contribution in [1.29, 1.82) is 0 Å². The molecule has 2 heterocycles. The molecule has 0 aliphatic carbocycles. The van der Waals surface area contributed by atoms with Crippen LogP contribution in [0.3, 0.4) is 0 Å². The third kappa shape index (κ3) is 4.33. The summed E-state index contributed by atoms with van der Waals surface area (Å²) < 4.78 is 7.00. The van der Waals surface area contributed by atoms with Crippen molar-refractivity contribution in [2.45, 2.75) is 33.7 Å². The van der Waals surface area contributed by atoms with E-state index in [1.54, 1.807) is 6.92 Å². The zero-order chi connectivity index (χ0) is 17.8. The van der Waals surface area contributed by atoms with Gasteiger partial charge in [-0.3, -0.25) is 4.68 Å². The Morgan fingerprint density at radius 3 is 2.56 bits per heavy atom. The van der Waals surface area contributed by atoms with Crippen molar-refractivity contribution in [1.82, 2.24) is 14.8 Å². The molecule has 3 rings (SSSR count). The smallest absolute Gasteiger partial charge is 0.350 e. The van der Waals surface area contributed by atoms with Crippen LogP contribution in [0.1, 0.15) is 44.0 Å². The molecule has 0 aliphatic heterocycles. The van der Waals surface area contributed by atoms with Crippen LogP contribution in [0.5, 0.6) is 0 Å². The number of hydrogen-bond donors (Lipinski definition) is 0. The Kier molecular flexibility index (Phi) is 5.28. The highest BCUT2D eigenvalue weighted by molar-refractivity contribution is 7.13. The van der Waals surface area contributed by atoms with E-state index in [1.807, 2.05) is 30.9 Å². The first kappa shape index (κ1) is 17.4. The van der Waals surface area contributed by atoms with E-state index in [2.05, 4.69) is 34.3 Å². The van der Waals surface area contributed by atoms with E-state index in [9.17, 15) is 4.79 Å². The number of benzene rings is 1. The van der Waals surface area contributed by atoms with Gasteiger partial charge in [-0.25, -0.2) is 9.78 Å². The molecule has 2 aromatic heterocycles. The highest BCUT2D eigenvalue weighted by Gasteiger charge is 2.16. The molecule has 0 saturated heterocycles. The van der Waals surface area contributed by atoms with Crippen LogP contribution in [0.2, 0.25) is 0 Å². The van der Waals surface area contributed by atoms with Crippen LogP contribution < -0.4 is 0 Å². The molecule has 0 bridgehead atoms. The minimum Gasteiger partial charge on any atom is -0.462 e. The fourth-order valence-corrected chi connectivity index (χ4v) is 3.58. The molecule has 25 heavy (non-hydrogen) atoms. The zero-order valence-electron chi connectivity index (χ0n) is 14.7. The zero-order valence-corrected chi connectivity index (χ0v) is 15.5. The second-order valence-electron chi connectivity index (χ2n) is 5.95. The van der Waals surface area contributed by atoms with Crippen LogP contribution in [0.4, 0.5) is 0 Å². The Morgan fingerprint density at radius 2 is 1.92 bits per heavy atom.